The Morgan fingerprint density at radius 3 is 1.60 bits per heavy atom. The Kier molecular flexibility index (Phi) is 9.67. The molecule has 4 atom stereocenters. The number of carbonyl (C=O) groups excluding carboxylic acids is 2. The molecule has 53 heavy (non-hydrogen) atoms. The highest BCUT2D eigenvalue weighted by molar-refractivity contribution is 7.14. The molecule has 0 spiro atoms. The van der Waals surface area contributed by atoms with E-state index < -0.39 is 10.8 Å². The Morgan fingerprint density at radius 1 is 0.679 bits per heavy atom. The van der Waals surface area contributed by atoms with Crippen molar-refractivity contribution in [2.24, 2.45) is 10.8 Å². The van der Waals surface area contributed by atoms with E-state index in [1.54, 1.807) is 62.0 Å². The van der Waals surface area contributed by atoms with E-state index in [1.165, 1.54) is 22.7 Å². The minimum atomic E-state index is -0.768. The van der Waals surface area contributed by atoms with Gasteiger partial charge in [-0.05, 0) is 109 Å². The lowest BCUT2D eigenvalue weighted by molar-refractivity contribution is -0.125. The van der Waals surface area contributed by atoms with Crippen LogP contribution in [0.3, 0.4) is 0 Å². The number of phenols is 3. The quantitative estimate of drug-likeness (QED) is 0.110. The average molecular weight is 747 g/mol. The number of rotatable bonds is 7. The fourth-order valence-corrected chi connectivity index (χ4v) is 8.85. The van der Waals surface area contributed by atoms with E-state index >= 15 is 0 Å². The van der Waals surface area contributed by atoms with Crippen LogP contribution >= 0.6 is 22.7 Å². The van der Waals surface area contributed by atoms with Gasteiger partial charge in [0.2, 0.25) is 11.8 Å². The van der Waals surface area contributed by atoms with E-state index in [1.807, 2.05) is 67.1 Å². The number of phenolic OH excluding ortho intramolecular Hbond substituents is 3. The van der Waals surface area contributed by atoms with Gasteiger partial charge in [-0.3, -0.25) is 9.59 Å². The molecule has 10 nitrogen and oxygen atoms in total. The number of carbonyl (C=O) groups is 2. The summed E-state index contributed by atoms with van der Waals surface area (Å²) in [6.45, 7) is 3.89. The molecule has 2 aliphatic rings. The molecule has 0 saturated heterocycles. The van der Waals surface area contributed by atoms with Gasteiger partial charge in [0, 0.05) is 35.0 Å². The average Bonchev–Trinajstić information content (AvgIpc) is 3.94. The third kappa shape index (κ3) is 6.95. The van der Waals surface area contributed by atoms with E-state index in [0.29, 0.717) is 23.1 Å². The van der Waals surface area contributed by atoms with Crippen molar-refractivity contribution >= 4 is 44.8 Å². The summed E-state index contributed by atoms with van der Waals surface area (Å²) < 4.78 is 5.40. The molecule has 0 radical (unpaired) electrons. The molecule has 6 aromatic rings. The van der Waals surface area contributed by atoms with Crippen LogP contribution in [0.4, 0.5) is 10.3 Å². The van der Waals surface area contributed by atoms with Crippen molar-refractivity contribution in [3.05, 3.63) is 141 Å². The van der Waals surface area contributed by atoms with Gasteiger partial charge in [-0.1, -0.05) is 36.4 Å². The van der Waals surface area contributed by atoms with Crippen molar-refractivity contribution in [2.45, 2.75) is 38.5 Å². The van der Waals surface area contributed by atoms with E-state index in [9.17, 15) is 24.9 Å². The van der Waals surface area contributed by atoms with Gasteiger partial charge in [0.15, 0.2) is 10.3 Å². The SMILES string of the molecule is COc1ccc2c(c1)[C@H](c1cccc(O)c1)[C@](C)(C(=O)Nc1nccs1)C2.C[C@@]1(C(=O)Nc2nccs2)Cc2ccc(O)cc2[C@@H]1c1cccc(O)c1. The number of aromatic nitrogens is 2. The monoisotopic (exact) mass is 746 g/mol. The van der Waals surface area contributed by atoms with Crippen LogP contribution in [0.1, 0.15) is 59.1 Å². The molecule has 4 aromatic carbocycles. The van der Waals surface area contributed by atoms with Gasteiger partial charge < -0.3 is 30.7 Å². The van der Waals surface area contributed by atoms with Crippen molar-refractivity contribution in [3.63, 3.8) is 0 Å². The van der Waals surface area contributed by atoms with Gasteiger partial charge in [0.05, 0.1) is 17.9 Å². The number of nitrogens with one attached hydrogen (secondary N) is 2. The van der Waals surface area contributed by atoms with Gasteiger partial charge in [0.1, 0.15) is 23.0 Å². The Morgan fingerprint density at radius 2 is 1.15 bits per heavy atom. The number of ether oxygens (including phenoxy) is 1. The summed E-state index contributed by atoms with van der Waals surface area (Å²) in [7, 11) is 1.63. The predicted molar refractivity (Wildman–Crippen MR) is 206 cm³/mol. The topological polar surface area (TPSA) is 154 Å². The summed E-state index contributed by atoms with van der Waals surface area (Å²) in [5.41, 5.74) is 4.35. The standard InChI is InChI=1S/C21H20N2O3S.C20H18N2O3S/c1-21(19(25)23-20-22-8-9-27-20)12-14-6-7-16(26-2)11-17(14)18(21)13-4-3-5-15(24)10-13;1-20(18(25)22-19-21-7-8-26-19)11-13-5-6-15(24)10-16(13)17(20)12-3-2-4-14(23)9-12/h3-11,18,24H,12H2,1-2H3,(H,22,23,25);2-10,17,23-24H,11H2,1H3,(H,21,22,25)/t18-,21+;17-,20+/m00/s1. The fraction of sp³-hybridized carbons (Fsp3) is 0.220. The summed E-state index contributed by atoms with van der Waals surface area (Å²) >= 11 is 2.77. The van der Waals surface area contributed by atoms with Gasteiger partial charge >= 0.3 is 0 Å². The number of methoxy groups -OCH3 is 1. The molecular formula is C41H38N4O6S2. The molecule has 2 aliphatic carbocycles. The maximum atomic E-state index is 13.3. The third-order valence-corrected chi connectivity index (χ3v) is 11.6. The Balaban J connectivity index is 0.000000164. The van der Waals surface area contributed by atoms with Gasteiger partial charge in [-0.2, -0.15) is 0 Å². The molecule has 0 aliphatic heterocycles. The number of fused-ring (bicyclic) bond motifs is 2. The molecule has 2 heterocycles. The summed E-state index contributed by atoms with van der Waals surface area (Å²) in [6, 6.07) is 25.2. The predicted octanol–water partition coefficient (Wildman–Crippen LogP) is 8.08. The molecule has 8 rings (SSSR count). The van der Waals surface area contributed by atoms with Crippen molar-refractivity contribution in [2.75, 3.05) is 17.7 Å². The number of hydrogen-bond acceptors (Lipinski definition) is 10. The van der Waals surface area contributed by atoms with Crippen molar-refractivity contribution in [1.82, 2.24) is 9.97 Å². The lowest BCUT2D eigenvalue weighted by Gasteiger charge is -2.31. The van der Waals surface area contributed by atoms with Gasteiger partial charge in [-0.25, -0.2) is 9.97 Å². The first-order valence-corrected chi connectivity index (χ1v) is 18.7. The second kappa shape index (κ2) is 14.4. The lowest BCUT2D eigenvalue weighted by Crippen LogP contribution is -2.37. The zero-order valence-corrected chi connectivity index (χ0v) is 30.9. The maximum absolute atomic E-state index is 13.3. The second-order valence-corrected chi connectivity index (χ2v) is 15.6. The molecule has 2 aromatic heterocycles. The summed E-state index contributed by atoms with van der Waals surface area (Å²) in [6.07, 6.45) is 4.46. The number of anilines is 2. The van der Waals surface area contributed by atoms with Crippen LogP contribution in [-0.4, -0.2) is 44.2 Å². The van der Waals surface area contributed by atoms with Crippen LogP contribution in [0, 0.1) is 10.8 Å². The largest absolute Gasteiger partial charge is 0.508 e. The normalized spacial score (nSPS) is 21.1. The zero-order chi connectivity index (χ0) is 37.3. The molecule has 0 fully saturated rings. The molecule has 12 heteroatoms. The van der Waals surface area contributed by atoms with E-state index in [0.717, 1.165) is 39.1 Å². The number of hydrogen-bond donors (Lipinski definition) is 5. The van der Waals surface area contributed by atoms with Crippen molar-refractivity contribution in [3.8, 4) is 23.0 Å². The minimum Gasteiger partial charge on any atom is -0.508 e. The van der Waals surface area contributed by atoms with Crippen LogP contribution in [0.25, 0.3) is 0 Å². The summed E-state index contributed by atoms with van der Waals surface area (Å²) in [5.74, 6) is 0.566. The molecule has 0 unspecified atom stereocenters. The van der Waals surface area contributed by atoms with E-state index in [2.05, 4.69) is 20.6 Å². The summed E-state index contributed by atoms with van der Waals surface area (Å²) in [5, 5.41) is 40.6. The highest BCUT2D eigenvalue weighted by Gasteiger charge is 2.50. The Bertz CT molecular complexity index is 2280. The van der Waals surface area contributed by atoms with E-state index in [4.69, 9.17) is 4.74 Å². The van der Waals surface area contributed by atoms with Crippen LogP contribution in [0.15, 0.2) is 108 Å². The molecular weight excluding hydrogens is 709 g/mol. The Labute approximate surface area is 314 Å². The number of amides is 2. The number of benzene rings is 4. The van der Waals surface area contributed by atoms with Crippen LogP contribution in [0.2, 0.25) is 0 Å². The minimum absolute atomic E-state index is 0.0824. The first kappa shape index (κ1) is 35.7. The van der Waals surface area contributed by atoms with Crippen LogP contribution in [-0.2, 0) is 22.4 Å². The molecule has 2 amide bonds. The van der Waals surface area contributed by atoms with Gasteiger partial charge in [0.25, 0.3) is 0 Å². The Hall–Kier alpha value is -5.72. The molecule has 270 valence electrons. The highest BCUT2D eigenvalue weighted by atomic mass is 32.1. The van der Waals surface area contributed by atoms with Crippen LogP contribution < -0.4 is 15.4 Å². The van der Waals surface area contributed by atoms with Crippen molar-refractivity contribution < 1.29 is 29.6 Å². The molecule has 0 saturated carbocycles. The van der Waals surface area contributed by atoms with Crippen molar-refractivity contribution in [1.29, 1.82) is 0 Å². The second-order valence-electron chi connectivity index (χ2n) is 13.8. The zero-order valence-electron chi connectivity index (χ0n) is 29.2. The number of aromatic hydroxyl groups is 3. The molecule has 0 bridgehead atoms. The van der Waals surface area contributed by atoms with Gasteiger partial charge in [-0.15, -0.1) is 22.7 Å². The maximum Gasteiger partial charge on any atom is 0.233 e. The number of nitrogens with zero attached hydrogens (tertiary/aromatic N) is 2. The first-order chi connectivity index (χ1) is 25.5. The fourth-order valence-electron chi connectivity index (χ4n) is 7.80. The smallest absolute Gasteiger partial charge is 0.233 e. The van der Waals surface area contributed by atoms with E-state index in [-0.39, 0.29) is 40.9 Å². The first-order valence-electron chi connectivity index (χ1n) is 17.0. The lowest BCUT2D eigenvalue weighted by atomic mass is 9.73. The number of thiazole rings is 2. The molecule has 5 N–H and O–H groups in total. The highest BCUT2D eigenvalue weighted by Crippen LogP contribution is 2.54. The van der Waals surface area contributed by atoms with Crippen LogP contribution in [0.5, 0.6) is 23.0 Å². The summed E-state index contributed by atoms with van der Waals surface area (Å²) in [4.78, 5) is 34.8. The third-order valence-electron chi connectivity index (χ3n) is 10.2.